The van der Waals surface area contributed by atoms with Gasteiger partial charge in [-0.05, 0) is 55.9 Å². The molecule has 6 nitrogen and oxygen atoms in total. The Hall–Kier alpha value is -3.15. The molecule has 32 heavy (non-hydrogen) atoms. The first-order valence-corrected chi connectivity index (χ1v) is 11.6. The standard InChI is InChI=1S/C26H32N4O2/c1-20-10-8-12-22-25(20)27-19-30(26(22)32)17-9-14-24(31)28(2)18-21-11-4-5-13-23(21)29-15-6-3-7-16-29/h4-5,8,10-13,19H,3,6-7,9,14-18H2,1-2H3. The number of anilines is 1. The second kappa shape index (κ2) is 9.98. The number of benzene rings is 2. The van der Waals surface area contributed by atoms with Crippen LogP contribution in [0.4, 0.5) is 5.69 Å². The largest absolute Gasteiger partial charge is 0.371 e. The highest BCUT2D eigenvalue weighted by Gasteiger charge is 2.17. The Balaban J connectivity index is 1.36. The Morgan fingerprint density at radius 2 is 1.84 bits per heavy atom. The van der Waals surface area contributed by atoms with Gasteiger partial charge in [-0.1, -0.05) is 30.3 Å². The number of amides is 1. The minimum atomic E-state index is -0.0463. The Bertz CT molecular complexity index is 1150. The maximum atomic E-state index is 12.8. The maximum absolute atomic E-state index is 12.8. The first-order valence-electron chi connectivity index (χ1n) is 11.6. The van der Waals surface area contributed by atoms with Crippen molar-refractivity contribution in [3.8, 4) is 0 Å². The zero-order valence-corrected chi connectivity index (χ0v) is 19.1. The second-order valence-corrected chi connectivity index (χ2v) is 8.74. The fourth-order valence-electron chi connectivity index (χ4n) is 4.52. The Kier molecular flexibility index (Phi) is 6.88. The quantitative estimate of drug-likeness (QED) is 0.563. The highest BCUT2D eigenvalue weighted by molar-refractivity contribution is 5.80. The number of piperidine rings is 1. The van der Waals surface area contributed by atoms with Crippen LogP contribution in [0.5, 0.6) is 0 Å². The number of carbonyl (C=O) groups is 1. The summed E-state index contributed by atoms with van der Waals surface area (Å²) in [5.74, 6) is 0.0936. The normalized spacial score (nSPS) is 14.0. The summed E-state index contributed by atoms with van der Waals surface area (Å²) in [5.41, 5.74) is 4.13. The number of para-hydroxylation sites is 2. The van der Waals surface area contributed by atoms with Crippen molar-refractivity contribution in [3.63, 3.8) is 0 Å². The molecule has 2 aromatic carbocycles. The van der Waals surface area contributed by atoms with Gasteiger partial charge in [0.25, 0.3) is 5.56 Å². The summed E-state index contributed by atoms with van der Waals surface area (Å²) >= 11 is 0. The van der Waals surface area contributed by atoms with Gasteiger partial charge in [0.05, 0.1) is 17.2 Å². The van der Waals surface area contributed by atoms with Crippen LogP contribution in [-0.4, -0.2) is 40.5 Å². The summed E-state index contributed by atoms with van der Waals surface area (Å²) in [4.78, 5) is 34.2. The maximum Gasteiger partial charge on any atom is 0.261 e. The molecule has 0 saturated carbocycles. The van der Waals surface area contributed by atoms with Crippen LogP contribution < -0.4 is 10.5 Å². The molecule has 1 amide bonds. The monoisotopic (exact) mass is 432 g/mol. The molecular formula is C26H32N4O2. The zero-order valence-electron chi connectivity index (χ0n) is 19.1. The van der Waals surface area contributed by atoms with Crippen molar-refractivity contribution in [2.24, 2.45) is 0 Å². The Morgan fingerprint density at radius 3 is 2.66 bits per heavy atom. The molecule has 168 valence electrons. The molecule has 0 atom stereocenters. The van der Waals surface area contributed by atoms with Gasteiger partial charge < -0.3 is 9.80 Å². The van der Waals surface area contributed by atoms with Crippen LogP contribution in [-0.2, 0) is 17.9 Å². The van der Waals surface area contributed by atoms with E-state index in [4.69, 9.17) is 0 Å². The summed E-state index contributed by atoms with van der Waals surface area (Å²) in [6.07, 6.45) is 6.36. The number of nitrogens with zero attached hydrogens (tertiary/aromatic N) is 4. The molecule has 0 radical (unpaired) electrons. The van der Waals surface area contributed by atoms with Crippen molar-refractivity contribution in [3.05, 3.63) is 70.3 Å². The van der Waals surface area contributed by atoms with Gasteiger partial charge >= 0.3 is 0 Å². The molecule has 0 unspecified atom stereocenters. The van der Waals surface area contributed by atoms with Crippen LogP contribution in [0, 0.1) is 6.92 Å². The third kappa shape index (κ3) is 4.85. The first-order chi connectivity index (χ1) is 15.5. The van der Waals surface area contributed by atoms with Crippen LogP contribution in [0.3, 0.4) is 0 Å². The van der Waals surface area contributed by atoms with Crippen LogP contribution in [0.1, 0.15) is 43.2 Å². The topological polar surface area (TPSA) is 58.4 Å². The van der Waals surface area contributed by atoms with E-state index in [1.807, 2.05) is 38.2 Å². The highest BCUT2D eigenvalue weighted by atomic mass is 16.2. The Morgan fingerprint density at radius 1 is 1.06 bits per heavy atom. The molecule has 1 aromatic heterocycles. The third-order valence-electron chi connectivity index (χ3n) is 6.37. The molecular weight excluding hydrogens is 400 g/mol. The van der Waals surface area contributed by atoms with Crippen molar-refractivity contribution in [1.82, 2.24) is 14.5 Å². The van der Waals surface area contributed by atoms with Crippen LogP contribution in [0.2, 0.25) is 0 Å². The predicted molar refractivity (Wildman–Crippen MR) is 129 cm³/mol. The van der Waals surface area contributed by atoms with E-state index in [9.17, 15) is 9.59 Å². The van der Waals surface area contributed by atoms with Crippen LogP contribution in [0.25, 0.3) is 10.9 Å². The average Bonchev–Trinajstić information content (AvgIpc) is 2.82. The number of fused-ring (bicyclic) bond motifs is 1. The van der Waals surface area contributed by atoms with Gasteiger partial charge in [-0.15, -0.1) is 0 Å². The molecule has 6 heteroatoms. The molecule has 3 aromatic rings. The van der Waals surface area contributed by atoms with E-state index in [1.165, 1.54) is 30.5 Å². The van der Waals surface area contributed by atoms with Gasteiger partial charge in [-0.25, -0.2) is 4.98 Å². The number of hydrogen-bond acceptors (Lipinski definition) is 4. The predicted octanol–water partition coefficient (Wildman–Crippen LogP) is 4.13. The molecule has 1 fully saturated rings. The summed E-state index contributed by atoms with van der Waals surface area (Å²) < 4.78 is 1.61. The lowest BCUT2D eigenvalue weighted by atomic mass is 10.1. The number of hydrogen-bond donors (Lipinski definition) is 0. The van der Waals surface area contributed by atoms with Crippen molar-refractivity contribution in [1.29, 1.82) is 0 Å². The molecule has 0 spiro atoms. The fraction of sp³-hybridized carbons (Fsp3) is 0.423. The lowest BCUT2D eigenvalue weighted by Gasteiger charge is -2.31. The van der Waals surface area contributed by atoms with E-state index in [-0.39, 0.29) is 11.5 Å². The SMILES string of the molecule is Cc1cccc2c(=O)n(CCCC(=O)N(C)Cc3ccccc3N3CCCCC3)cnc12. The lowest BCUT2D eigenvalue weighted by Crippen LogP contribution is -2.32. The summed E-state index contributed by atoms with van der Waals surface area (Å²) in [6.45, 7) is 5.21. The smallest absolute Gasteiger partial charge is 0.261 e. The van der Waals surface area contributed by atoms with Crippen molar-refractivity contribution >= 4 is 22.5 Å². The van der Waals surface area contributed by atoms with Gasteiger partial charge in [0.1, 0.15) is 0 Å². The van der Waals surface area contributed by atoms with E-state index < -0.39 is 0 Å². The van der Waals surface area contributed by atoms with Crippen LogP contribution in [0.15, 0.2) is 53.6 Å². The highest BCUT2D eigenvalue weighted by Crippen LogP contribution is 2.25. The van der Waals surface area contributed by atoms with E-state index in [0.717, 1.165) is 24.2 Å². The minimum Gasteiger partial charge on any atom is -0.371 e. The summed E-state index contributed by atoms with van der Waals surface area (Å²) in [5, 5.41) is 0.630. The number of aryl methyl sites for hydroxylation is 2. The van der Waals surface area contributed by atoms with E-state index in [0.29, 0.717) is 31.3 Å². The van der Waals surface area contributed by atoms with Gasteiger partial charge in [0.15, 0.2) is 0 Å². The summed E-state index contributed by atoms with van der Waals surface area (Å²) in [6, 6.07) is 14.1. The van der Waals surface area contributed by atoms with Crippen LogP contribution >= 0.6 is 0 Å². The number of aromatic nitrogens is 2. The molecule has 0 bridgehead atoms. The molecule has 4 rings (SSSR count). The lowest BCUT2D eigenvalue weighted by molar-refractivity contribution is -0.130. The first kappa shape index (κ1) is 22.1. The minimum absolute atomic E-state index is 0.0463. The van der Waals surface area contributed by atoms with Gasteiger partial charge in [-0.2, -0.15) is 0 Å². The molecule has 0 aliphatic carbocycles. The molecule has 2 heterocycles. The van der Waals surface area contributed by atoms with Crippen molar-refractivity contribution < 1.29 is 4.79 Å². The second-order valence-electron chi connectivity index (χ2n) is 8.74. The van der Waals surface area contributed by atoms with E-state index in [2.05, 4.69) is 28.1 Å². The van der Waals surface area contributed by atoms with Gasteiger partial charge in [-0.3, -0.25) is 14.2 Å². The third-order valence-corrected chi connectivity index (χ3v) is 6.37. The van der Waals surface area contributed by atoms with E-state index >= 15 is 0 Å². The van der Waals surface area contributed by atoms with Crippen molar-refractivity contribution in [2.45, 2.75) is 52.1 Å². The molecule has 1 aliphatic rings. The van der Waals surface area contributed by atoms with Gasteiger partial charge in [0, 0.05) is 45.3 Å². The molecule has 0 N–H and O–H groups in total. The molecule has 1 aliphatic heterocycles. The average molecular weight is 433 g/mol. The van der Waals surface area contributed by atoms with Gasteiger partial charge in [0.2, 0.25) is 5.91 Å². The fourth-order valence-corrected chi connectivity index (χ4v) is 4.52. The number of carbonyl (C=O) groups excluding carboxylic acids is 1. The number of rotatable bonds is 7. The van der Waals surface area contributed by atoms with E-state index in [1.54, 1.807) is 15.8 Å². The zero-order chi connectivity index (χ0) is 22.5. The Labute approximate surface area is 189 Å². The van der Waals surface area contributed by atoms with Crippen molar-refractivity contribution in [2.75, 3.05) is 25.0 Å². The summed E-state index contributed by atoms with van der Waals surface area (Å²) in [7, 11) is 1.86. The molecule has 1 saturated heterocycles.